The first-order valence-corrected chi connectivity index (χ1v) is 12.0. The summed E-state index contributed by atoms with van der Waals surface area (Å²) >= 11 is 0. The molecule has 0 atom stereocenters. The van der Waals surface area contributed by atoms with Gasteiger partial charge in [-0.2, -0.15) is 4.98 Å². The second-order valence-corrected chi connectivity index (χ2v) is 8.34. The van der Waals surface area contributed by atoms with Crippen molar-refractivity contribution in [3.05, 3.63) is 54.2 Å². The molecule has 0 unspecified atom stereocenters. The number of hydrogen-bond donors (Lipinski definition) is 1. The lowest BCUT2D eigenvalue weighted by Gasteiger charge is -2.27. The second-order valence-electron chi connectivity index (χ2n) is 8.34. The predicted molar refractivity (Wildman–Crippen MR) is 133 cm³/mol. The van der Waals surface area contributed by atoms with Crippen molar-refractivity contribution in [1.82, 2.24) is 29.7 Å². The van der Waals surface area contributed by atoms with E-state index in [0.29, 0.717) is 25.6 Å². The van der Waals surface area contributed by atoms with Crippen LogP contribution in [-0.4, -0.2) is 69.8 Å². The van der Waals surface area contributed by atoms with Crippen LogP contribution in [0.15, 0.2) is 43.0 Å². The van der Waals surface area contributed by atoms with Crippen molar-refractivity contribution in [1.29, 1.82) is 0 Å². The highest BCUT2D eigenvalue weighted by atomic mass is 16.7. The summed E-state index contributed by atoms with van der Waals surface area (Å²) in [5.74, 6) is 2.94. The molecule has 4 rings (SSSR count). The Morgan fingerprint density at radius 2 is 1.97 bits per heavy atom. The van der Waals surface area contributed by atoms with Gasteiger partial charge in [0.05, 0.1) is 6.54 Å². The van der Waals surface area contributed by atoms with Crippen LogP contribution in [0, 0.1) is 6.92 Å². The summed E-state index contributed by atoms with van der Waals surface area (Å²) in [4.78, 5) is 30.2. The van der Waals surface area contributed by atoms with E-state index in [4.69, 9.17) is 14.5 Å². The Balaban J connectivity index is 1.40. The van der Waals surface area contributed by atoms with Crippen LogP contribution in [0.3, 0.4) is 0 Å². The van der Waals surface area contributed by atoms with Crippen LogP contribution >= 0.6 is 0 Å². The summed E-state index contributed by atoms with van der Waals surface area (Å²) in [5.41, 5.74) is 1.97. The third-order valence-electron chi connectivity index (χ3n) is 5.88. The Labute approximate surface area is 205 Å². The summed E-state index contributed by atoms with van der Waals surface area (Å²) in [5, 5.41) is 3.48. The van der Waals surface area contributed by atoms with Gasteiger partial charge in [-0.1, -0.05) is 6.07 Å². The highest BCUT2D eigenvalue weighted by Crippen LogP contribution is 2.32. The van der Waals surface area contributed by atoms with E-state index in [1.165, 1.54) is 0 Å². The van der Waals surface area contributed by atoms with Gasteiger partial charge in [0.15, 0.2) is 11.5 Å². The van der Waals surface area contributed by atoms with E-state index in [9.17, 15) is 4.79 Å². The summed E-state index contributed by atoms with van der Waals surface area (Å²) in [6, 6.07) is 7.91. The zero-order valence-electron chi connectivity index (χ0n) is 20.6. The smallest absolute Gasteiger partial charge is 0.242 e. The summed E-state index contributed by atoms with van der Waals surface area (Å²) in [6.07, 6.45) is 6.02. The molecule has 0 radical (unpaired) electrons. The van der Waals surface area contributed by atoms with E-state index < -0.39 is 0 Å². The lowest BCUT2D eigenvalue weighted by Crippen LogP contribution is -2.41. The lowest BCUT2D eigenvalue weighted by atomic mass is 10.2. The Morgan fingerprint density at radius 3 is 2.74 bits per heavy atom. The van der Waals surface area contributed by atoms with Gasteiger partial charge in [-0.15, -0.1) is 0 Å². The first-order valence-electron chi connectivity index (χ1n) is 12.0. The Bertz CT molecular complexity index is 1120. The number of hydrogen-bond acceptors (Lipinski definition) is 8. The molecule has 10 nitrogen and oxygen atoms in total. The maximum absolute atomic E-state index is 12.9. The molecule has 3 heterocycles. The number of rotatable bonds is 12. The highest BCUT2D eigenvalue weighted by molar-refractivity contribution is 5.81. The highest BCUT2D eigenvalue weighted by Gasteiger charge is 2.18. The summed E-state index contributed by atoms with van der Waals surface area (Å²) < 4.78 is 12.6. The van der Waals surface area contributed by atoms with Crippen LogP contribution in [0.1, 0.15) is 31.5 Å². The number of amides is 1. The molecule has 186 valence electrons. The average Bonchev–Trinajstić information content (AvgIpc) is 3.55. The van der Waals surface area contributed by atoms with E-state index >= 15 is 0 Å². The van der Waals surface area contributed by atoms with E-state index in [1.807, 2.05) is 61.0 Å². The van der Waals surface area contributed by atoms with E-state index in [-0.39, 0.29) is 19.2 Å². The monoisotopic (exact) mass is 479 g/mol. The van der Waals surface area contributed by atoms with Gasteiger partial charge < -0.3 is 24.6 Å². The van der Waals surface area contributed by atoms with Crippen LogP contribution in [-0.2, 0) is 11.3 Å². The van der Waals surface area contributed by atoms with Gasteiger partial charge in [-0.25, -0.2) is 9.97 Å². The van der Waals surface area contributed by atoms with Gasteiger partial charge in [-0.05, 0) is 51.4 Å². The fraction of sp³-hybridized carbons (Fsp3) is 0.440. The molecule has 0 spiro atoms. The fourth-order valence-electron chi connectivity index (χ4n) is 3.98. The standard InChI is InChI=1S/C25H33N7O3/c1-4-30(5-2)24(33)16-31(23-13-19(3)28-25(29-23)32-12-10-27-17-32)11-6-9-26-15-20-7-8-21-22(14-20)35-18-34-21/h7-8,10,12-14,17,26H,4-6,9,11,15-16,18H2,1-3H3. The average molecular weight is 480 g/mol. The number of aromatic nitrogens is 4. The van der Waals surface area contributed by atoms with E-state index in [2.05, 4.69) is 15.3 Å². The lowest BCUT2D eigenvalue weighted by molar-refractivity contribution is -0.129. The summed E-state index contributed by atoms with van der Waals surface area (Å²) in [7, 11) is 0. The summed E-state index contributed by atoms with van der Waals surface area (Å²) in [6.45, 7) is 10.0. The normalized spacial score (nSPS) is 12.1. The van der Waals surface area contributed by atoms with Crippen molar-refractivity contribution in [2.45, 2.75) is 33.7 Å². The zero-order chi connectivity index (χ0) is 24.6. The molecular weight excluding hydrogens is 446 g/mol. The number of imidazole rings is 1. The van der Waals surface area contributed by atoms with Crippen molar-refractivity contribution < 1.29 is 14.3 Å². The molecule has 0 saturated heterocycles. The van der Waals surface area contributed by atoms with Gasteiger partial charge in [0.1, 0.15) is 12.1 Å². The number of ether oxygens (including phenoxy) is 2. The number of aryl methyl sites for hydroxylation is 1. The molecule has 0 bridgehead atoms. The van der Waals surface area contributed by atoms with Gasteiger partial charge >= 0.3 is 0 Å². The minimum absolute atomic E-state index is 0.0868. The van der Waals surface area contributed by atoms with Crippen molar-refractivity contribution >= 4 is 11.7 Å². The van der Waals surface area contributed by atoms with Gasteiger partial charge in [-0.3, -0.25) is 9.36 Å². The fourth-order valence-corrected chi connectivity index (χ4v) is 3.98. The first-order chi connectivity index (χ1) is 17.1. The van der Waals surface area contributed by atoms with Gasteiger partial charge in [0.2, 0.25) is 18.6 Å². The number of nitrogens with one attached hydrogen (secondary N) is 1. The maximum atomic E-state index is 12.9. The quantitative estimate of drug-likeness (QED) is 0.396. The molecule has 1 aliphatic heterocycles. The van der Waals surface area contributed by atoms with Crippen LogP contribution in [0.4, 0.5) is 5.82 Å². The number of benzene rings is 1. The number of nitrogens with zero attached hydrogens (tertiary/aromatic N) is 6. The number of likely N-dealkylation sites (N-methyl/N-ethyl adjacent to an activating group) is 1. The number of fused-ring (bicyclic) bond motifs is 1. The minimum Gasteiger partial charge on any atom is -0.454 e. The SMILES string of the molecule is CCN(CC)C(=O)CN(CCCNCc1ccc2c(c1)OCO2)c1cc(C)nc(-n2ccnc2)n1. The van der Waals surface area contributed by atoms with Crippen molar-refractivity contribution in [3.8, 4) is 17.4 Å². The Kier molecular flexibility index (Phi) is 8.15. The first kappa shape index (κ1) is 24.5. The zero-order valence-corrected chi connectivity index (χ0v) is 20.6. The van der Waals surface area contributed by atoms with E-state index in [1.54, 1.807) is 17.1 Å². The predicted octanol–water partition coefficient (Wildman–Crippen LogP) is 2.55. The molecule has 35 heavy (non-hydrogen) atoms. The van der Waals surface area contributed by atoms with Crippen molar-refractivity contribution in [3.63, 3.8) is 0 Å². The second kappa shape index (κ2) is 11.7. The molecule has 1 N–H and O–H groups in total. The molecule has 0 fully saturated rings. The molecule has 10 heteroatoms. The molecule has 0 saturated carbocycles. The maximum Gasteiger partial charge on any atom is 0.242 e. The third kappa shape index (κ3) is 6.27. The number of anilines is 1. The Morgan fingerprint density at radius 1 is 1.14 bits per heavy atom. The van der Waals surface area contributed by atoms with Gasteiger partial charge in [0, 0.05) is 50.3 Å². The van der Waals surface area contributed by atoms with Crippen LogP contribution in [0.2, 0.25) is 0 Å². The van der Waals surface area contributed by atoms with Crippen molar-refractivity contribution in [2.24, 2.45) is 0 Å². The van der Waals surface area contributed by atoms with Crippen LogP contribution < -0.4 is 19.7 Å². The molecule has 3 aromatic rings. The molecule has 2 aromatic heterocycles. The van der Waals surface area contributed by atoms with Crippen LogP contribution in [0.5, 0.6) is 11.5 Å². The number of carbonyl (C=O) groups excluding carboxylic acids is 1. The molecule has 1 aromatic carbocycles. The molecule has 1 aliphatic rings. The minimum atomic E-state index is 0.0868. The molecular formula is C25H33N7O3. The molecule has 0 aliphatic carbocycles. The van der Waals surface area contributed by atoms with Crippen LogP contribution in [0.25, 0.3) is 5.95 Å². The van der Waals surface area contributed by atoms with Crippen molar-refractivity contribution in [2.75, 3.05) is 44.4 Å². The number of carbonyl (C=O) groups is 1. The topological polar surface area (TPSA) is 97.6 Å². The third-order valence-corrected chi connectivity index (χ3v) is 5.88. The van der Waals surface area contributed by atoms with E-state index in [0.717, 1.165) is 48.1 Å². The molecule has 1 amide bonds. The largest absolute Gasteiger partial charge is 0.454 e. The Hall–Kier alpha value is -3.66. The van der Waals surface area contributed by atoms with Gasteiger partial charge in [0.25, 0.3) is 0 Å².